The smallest absolute Gasteiger partial charge is 0.321 e. The van der Waals surface area contributed by atoms with E-state index in [0.29, 0.717) is 25.3 Å². The van der Waals surface area contributed by atoms with Crippen molar-refractivity contribution in [1.29, 1.82) is 0 Å². The number of hydrogen-bond acceptors (Lipinski definition) is 4. The van der Waals surface area contributed by atoms with Crippen LogP contribution in [0.4, 0.5) is 4.79 Å². The summed E-state index contributed by atoms with van der Waals surface area (Å²) in [6, 6.07) is -0.592. The normalized spacial score (nSPS) is 21.6. The summed E-state index contributed by atoms with van der Waals surface area (Å²) in [4.78, 5) is 13.5. The number of sulfone groups is 1. The van der Waals surface area contributed by atoms with Crippen LogP contribution in [0.2, 0.25) is 0 Å². The van der Waals surface area contributed by atoms with Crippen molar-refractivity contribution in [3.05, 3.63) is 12.3 Å². The molecule has 2 amide bonds. The maximum absolute atomic E-state index is 12.0. The van der Waals surface area contributed by atoms with E-state index < -0.39 is 9.84 Å². The summed E-state index contributed by atoms with van der Waals surface area (Å²) in [5.41, 5.74) is 0.531. The van der Waals surface area contributed by atoms with Gasteiger partial charge in [0.1, 0.15) is 0 Å². The lowest BCUT2D eigenvalue weighted by molar-refractivity contribution is 0.135. The molecule has 0 aromatic heterocycles. The molecule has 1 atom stereocenters. The van der Waals surface area contributed by atoms with Crippen LogP contribution in [0.15, 0.2) is 12.3 Å². The number of nitrogens with one attached hydrogen (secondary N) is 1. The Kier molecular flexibility index (Phi) is 5.15. The van der Waals surface area contributed by atoms with Crippen molar-refractivity contribution < 1.29 is 17.9 Å². The topological polar surface area (TPSA) is 75.7 Å². The standard InChI is InChI=1S/C11H20N2O4S/c1-9(2)12-11(14)13(5-6-17-3)10-4-7-18(15,16)8-10/h10H,1,4-8H2,2-3H3,(H,12,14). The second kappa shape index (κ2) is 6.19. The van der Waals surface area contributed by atoms with Crippen LogP contribution in [0, 0.1) is 0 Å². The van der Waals surface area contributed by atoms with Crippen LogP contribution in [0.3, 0.4) is 0 Å². The largest absolute Gasteiger partial charge is 0.383 e. The number of urea groups is 1. The third-order valence-corrected chi connectivity index (χ3v) is 4.52. The fourth-order valence-corrected chi connectivity index (χ4v) is 3.65. The molecule has 1 heterocycles. The molecule has 104 valence electrons. The first kappa shape index (κ1) is 15.0. The monoisotopic (exact) mass is 276 g/mol. The van der Waals surface area contributed by atoms with E-state index in [1.165, 1.54) is 4.90 Å². The molecule has 1 fully saturated rings. The first-order valence-electron chi connectivity index (χ1n) is 5.78. The highest BCUT2D eigenvalue weighted by Crippen LogP contribution is 2.17. The third-order valence-electron chi connectivity index (χ3n) is 2.77. The van der Waals surface area contributed by atoms with Gasteiger partial charge in [-0.2, -0.15) is 0 Å². The SMILES string of the molecule is C=C(C)NC(=O)N(CCOC)C1CCS(=O)(=O)C1. The van der Waals surface area contributed by atoms with Crippen molar-refractivity contribution in [1.82, 2.24) is 10.2 Å². The van der Waals surface area contributed by atoms with E-state index in [4.69, 9.17) is 4.74 Å². The summed E-state index contributed by atoms with van der Waals surface area (Å²) in [5.74, 6) is 0.168. The van der Waals surface area contributed by atoms with E-state index in [2.05, 4.69) is 11.9 Å². The molecule has 6 nitrogen and oxygen atoms in total. The van der Waals surface area contributed by atoms with Crippen LogP contribution in [0.25, 0.3) is 0 Å². The van der Waals surface area contributed by atoms with Gasteiger partial charge < -0.3 is 15.0 Å². The molecule has 0 saturated carbocycles. The number of ether oxygens (including phenoxy) is 1. The van der Waals surface area contributed by atoms with E-state index in [0.717, 1.165) is 0 Å². The number of hydrogen-bond donors (Lipinski definition) is 1. The van der Waals surface area contributed by atoms with Crippen molar-refractivity contribution in [2.75, 3.05) is 31.8 Å². The van der Waals surface area contributed by atoms with Gasteiger partial charge in [0.2, 0.25) is 0 Å². The van der Waals surface area contributed by atoms with Gasteiger partial charge in [0.05, 0.1) is 18.1 Å². The molecule has 0 bridgehead atoms. The maximum atomic E-state index is 12.0. The van der Waals surface area contributed by atoms with Crippen LogP contribution < -0.4 is 5.32 Å². The van der Waals surface area contributed by atoms with E-state index in [9.17, 15) is 13.2 Å². The van der Waals surface area contributed by atoms with E-state index >= 15 is 0 Å². The molecule has 1 N–H and O–H groups in total. The number of methoxy groups -OCH3 is 1. The van der Waals surface area contributed by atoms with Crippen molar-refractivity contribution >= 4 is 15.9 Å². The fraction of sp³-hybridized carbons (Fsp3) is 0.727. The van der Waals surface area contributed by atoms with Gasteiger partial charge in [-0.25, -0.2) is 13.2 Å². The second-order valence-electron chi connectivity index (χ2n) is 4.45. The quantitative estimate of drug-likeness (QED) is 0.787. The number of rotatable bonds is 5. The number of amides is 2. The minimum Gasteiger partial charge on any atom is -0.383 e. The van der Waals surface area contributed by atoms with Crippen molar-refractivity contribution in [3.8, 4) is 0 Å². The first-order valence-corrected chi connectivity index (χ1v) is 7.60. The molecule has 0 aliphatic carbocycles. The Hall–Kier alpha value is -1.08. The highest BCUT2D eigenvalue weighted by atomic mass is 32.2. The van der Waals surface area contributed by atoms with E-state index in [1.807, 2.05) is 0 Å². The van der Waals surface area contributed by atoms with Crippen molar-refractivity contribution in [3.63, 3.8) is 0 Å². The van der Waals surface area contributed by atoms with Gasteiger partial charge in [0, 0.05) is 25.4 Å². The Balaban J connectivity index is 2.72. The van der Waals surface area contributed by atoms with Crippen molar-refractivity contribution in [2.24, 2.45) is 0 Å². The fourth-order valence-electron chi connectivity index (χ4n) is 1.92. The number of carbonyl (C=O) groups is 1. The maximum Gasteiger partial charge on any atom is 0.321 e. The predicted octanol–water partition coefficient (Wildman–Crippen LogP) is 0.365. The Morgan fingerprint density at radius 3 is 2.67 bits per heavy atom. The minimum absolute atomic E-state index is 0.0281. The molecule has 1 aliphatic heterocycles. The van der Waals surface area contributed by atoms with E-state index in [1.54, 1.807) is 14.0 Å². The third kappa shape index (κ3) is 4.30. The lowest BCUT2D eigenvalue weighted by atomic mass is 10.2. The van der Waals surface area contributed by atoms with Crippen LogP contribution in [-0.2, 0) is 14.6 Å². The summed E-state index contributed by atoms with van der Waals surface area (Å²) < 4.78 is 27.9. The van der Waals surface area contributed by atoms with Gasteiger partial charge in [0.25, 0.3) is 0 Å². The van der Waals surface area contributed by atoms with Gasteiger partial charge in [-0.15, -0.1) is 0 Å². The summed E-state index contributed by atoms with van der Waals surface area (Å²) in [7, 11) is -1.47. The average Bonchev–Trinajstić information content (AvgIpc) is 2.58. The molecule has 1 aliphatic rings. The molecule has 0 radical (unpaired) electrons. The average molecular weight is 276 g/mol. The van der Waals surface area contributed by atoms with Gasteiger partial charge in [0.15, 0.2) is 9.84 Å². The molecule has 0 spiro atoms. The Morgan fingerprint density at radius 2 is 2.22 bits per heavy atom. The molecule has 1 saturated heterocycles. The van der Waals surface area contributed by atoms with Gasteiger partial charge in [-0.1, -0.05) is 6.58 Å². The Labute approximate surface area is 108 Å². The molecule has 0 aromatic rings. The highest BCUT2D eigenvalue weighted by molar-refractivity contribution is 7.91. The van der Waals surface area contributed by atoms with Crippen molar-refractivity contribution in [2.45, 2.75) is 19.4 Å². The minimum atomic E-state index is -3.01. The molecule has 1 rings (SSSR count). The Morgan fingerprint density at radius 1 is 1.56 bits per heavy atom. The lowest BCUT2D eigenvalue weighted by Gasteiger charge is -2.28. The number of nitrogens with zero attached hydrogens (tertiary/aromatic N) is 1. The summed E-state index contributed by atoms with van der Waals surface area (Å²) in [6.45, 7) is 6.03. The lowest BCUT2D eigenvalue weighted by Crippen LogP contribution is -2.47. The van der Waals surface area contributed by atoms with Crippen LogP contribution in [0.5, 0.6) is 0 Å². The molecule has 1 unspecified atom stereocenters. The Bertz CT molecular complexity index is 419. The number of allylic oxidation sites excluding steroid dienone is 1. The summed E-state index contributed by atoms with van der Waals surface area (Å²) in [6.07, 6.45) is 0.482. The molecule has 0 aromatic carbocycles. The zero-order chi connectivity index (χ0) is 13.8. The van der Waals surface area contributed by atoms with Crippen LogP contribution in [0.1, 0.15) is 13.3 Å². The molecular weight excluding hydrogens is 256 g/mol. The zero-order valence-electron chi connectivity index (χ0n) is 10.8. The van der Waals surface area contributed by atoms with Gasteiger partial charge in [-0.05, 0) is 13.3 Å². The second-order valence-corrected chi connectivity index (χ2v) is 6.68. The predicted molar refractivity (Wildman–Crippen MR) is 69.0 cm³/mol. The zero-order valence-corrected chi connectivity index (χ0v) is 11.6. The number of carbonyl (C=O) groups excluding carboxylic acids is 1. The van der Waals surface area contributed by atoms with E-state index in [-0.39, 0.29) is 23.6 Å². The van der Waals surface area contributed by atoms with Gasteiger partial charge >= 0.3 is 6.03 Å². The highest BCUT2D eigenvalue weighted by Gasteiger charge is 2.34. The molecule has 18 heavy (non-hydrogen) atoms. The van der Waals surface area contributed by atoms with Crippen LogP contribution >= 0.6 is 0 Å². The molecule has 7 heteroatoms. The van der Waals surface area contributed by atoms with Crippen LogP contribution in [-0.4, -0.2) is 57.2 Å². The van der Waals surface area contributed by atoms with Gasteiger partial charge in [-0.3, -0.25) is 0 Å². The first-order chi connectivity index (χ1) is 8.35. The molecular formula is C11H20N2O4S. The summed E-state index contributed by atoms with van der Waals surface area (Å²) in [5, 5.41) is 2.60. The summed E-state index contributed by atoms with van der Waals surface area (Å²) >= 11 is 0.